The van der Waals surface area contributed by atoms with Crippen molar-refractivity contribution in [2.24, 2.45) is 4.99 Å². The first-order valence-electron chi connectivity index (χ1n) is 5.75. The highest BCUT2D eigenvalue weighted by Gasteiger charge is 2.42. The van der Waals surface area contributed by atoms with Gasteiger partial charge in [0.2, 0.25) is 0 Å². The van der Waals surface area contributed by atoms with Crippen LogP contribution < -0.4 is 10.6 Å². The van der Waals surface area contributed by atoms with Crippen LogP contribution in [0.5, 0.6) is 0 Å². The van der Waals surface area contributed by atoms with E-state index in [0.717, 1.165) is 5.56 Å². The third kappa shape index (κ3) is 2.16. The van der Waals surface area contributed by atoms with Crippen molar-refractivity contribution in [2.75, 3.05) is 0 Å². The maximum atomic E-state index is 12.0. The van der Waals surface area contributed by atoms with E-state index in [4.69, 9.17) is 0 Å². The minimum Gasteiger partial charge on any atom is -0.338 e. The molecule has 1 heterocycles. The van der Waals surface area contributed by atoms with Gasteiger partial charge in [0, 0.05) is 6.04 Å². The lowest BCUT2D eigenvalue weighted by Crippen LogP contribution is -2.40. The van der Waals surface area contributed by atoms with Crippen LogP contribution in [0.25, 0.3) is 0 Å². The van der Waals surface area contributed by atoms with Gasteiger partial charge in [-0.3, -0.25) is 15.1 Å². The maximum Gasteiger partial charge on any atom is 0.256 e. The Morgan fingerprint density at radius 3 is 2.47 bits per heavy atom. The number of hydrogen-bond donors (Lipinski definition) is 2. The molecule has 1 aromatic carbocycles. The molecular weight excluding hydrogens is 214 g/mol. The van der Waals surface area contributed by atoms with Crippen molar-refractivity contribution in [3.8, 4) is 0 Å². The second-order valence-corrected chi connectivity index (χ2v) is 4.64. The van der Waals surface area contributed by atoms with Gasteiger partial charge in [-0.2, -0.15) is 0 Å². The zero-order valence-electron chi connectivity index (χ0n) is 10.3. The number of benzene rings is 1. The predicted octanol–water partition coefficient (Wildman–Crippen LogP) is 1.39. The molecule has 1 atom stereocenters. The van der Waals surface area contributed by atoms with Crippen molar-refractivity contribution in [1.29, 1.82) is 0 Å². The molecule has 1 unspecified atom stereocenters. The molecule has 0 radical (unpaired) electrons. The van der Waals surface area contributed by atoms with Gasteiger partial charge in [0.05, 0.1) is 0 Å². The Labute approximate surface area is 101 Å². The Kier molecular flexibility index (Phi) is 2.88. The second-order valence-electron chi connectivity index (χ2n) is 4.64. The van der Waals surface area contributed by atoms with E-state index in [1.165, 1.54) is 0 Å². The van der Waals surface area contributed by atoms with E-state index in [0.29, 0.717) is 5.96 Å². The molecule has 4 heteroatoms. The van der Waals surface area contributed by atoms with Gasteiger partial charge in [0.15, 0.2) is 5.96 Å². The minimum absolute atomic E-state index is 0.0666. The van der Waals surface area contributed by atoms with E-state index in [1.54, 1.807) is 0 Å². The zero-order valence-corrected chi connectivity index (χ0v) is 10.3. The number of hydrogen-bond acceptors (Lipinski definition) is 2. The fourth-order valence-electron chi connectivity index (χ4n) is 1.85. The highest BCUT2D eigenvalue weighted by molar-refractivity contribution is 6.09. The number of nitrogens with zero attached hydrogens (tertiary/aromatic N) is 1. The molecule has 4 nitrogen and oxygen atoms in total. The lowest BCUT2D eigenvalue weighted by molar-refractivity contribution is -0.123. The van der Waals surface area contributed by atoms with Crippen LogP contribution >= 0.6 is 0 Å². The van der Waals surface area contributed by atoms with Crippen LogP contribution in [0.2, 0.25) is 0 Å². The maximum absolute atomic E-state index is 12.0. The summed E-state index contributed by atoms with van der Waals surface area (Å²) in [5.74, 6) is 0.486. The first-order valence-corrected chi connectivity index (χ1v) is 5.75. The molecule has 0 saturated carbocycles. The van der Waals surface area contributed by atoms with Crippen molar-refractivity contribution in [2.45, 2.75) is 32.4 Å². The highest BCUT2D eigenvalue weighted by Crippen LogP contribution is 2.23. The van der Waals surface area contributed by atoms with Crippen molar-refractivity contribution < 1.29 is 4.79 Å². The fraction of sp³-hybridized carbons (Fsp3) is 0.385. The molecule has 1 saturated heterocycles. The van der Waals surface area contributed by atoms with Crippen LogP contribution in [0.3, 0.4) is 0 Å². The van der Waals surface area contributed by atoms with Crippen molar-refractivity contribution in [1.82, 2.24) is 10.6 Å². The summed E-state index contributed by atoms with van der Waals surface area (Å²) in [7, 11) is 0. The number of carbonyl (C=O) groups excluding carboxylic acids is 1. The minimum atomic E-state index is -0.727. The molecule has 1 aliphatic heterocycles. The van der Waals surface area contributed by atoms with E-state index in [-0.39, 0.29) is 11.9 Å². The van der Waals surface area contributed by atoms with E-state index in [2.05, 4.69) is 15.6 Å². The van der Waals surface area contributed by atoms with Crippen LogP contribution in [0.15, 0.2) is 35.3 Å². The van der Waals surface area contributed by atoms with Gasteiger partial charge < -0.3 is 5.32 Å². The molecule has 0 bridgehead atoms. The van der Waals surface area contributed by atoms with Gasteiger partial charge in [0.25, 0.3) is 5.91 Å². The van der Waals surface area contributed by atoms with Crippen LogP contribution in [0.1, 0.15) is 26.3 Å². The number of nitrogens with one attached hydrogen (secondary N) is 2. The van der Waals surface area contributed by atoms with E-state index < -0.39 is 5.54 Å². The summed E-state index contributed by atoms with van der Waals surface area (Å²) in [5.41, 5.74) is 0.209. The largest absolute Gasteiger partial charge is 0.338 e. The molecule has 90 valence electrons. The number of rotatable bonds is 2. The molecule has 2 N–H and O–H groups in total. The van der Waals surface area contributed by atoms with Gasteiger partial charge in [-0.05, 0) is 26.3 Å². The zero-order chi connectivity index (χ0) is 12.5. The lowest BCUT2D eigenvalue weighted by atomic mass is 9.92. The Morgan fingerprint density at radius 1 is 1.24 bits per heavy atom. The smallest absolute Gasteiger partial charge is 0.256 e. The molecule has 0 spiro atoms. The summed E-state index contributed by atoms with van der Waals surface area (Å²) in [6, 6.07) is 9.80. The first kappa shape index (κ1) is 11.6. The summed E-state index contributed by atoms with van der Waals surface area (Å²) in [4.78, 5) is 16.4. The third-order valence-corrected chi connectivity index (χ3v) is 2.79. The molecule has 2 rings (SSSR count). The third-order valence-electron chi connectivity index (χ3n) is 2.79. The fourth-order valence-corrected chi connectivity index (χ4v) is 1.85. The van der Waals surface area contributed by atoms with Crippen molar-refractivity contribution >= 4 is 11.9 Å². The normalized spacial score (nSPS) is 26.1. The summed E-state index contributed by atoms with van der Waals surface area (Å²) in [6.45, 7) is 5.80. The Balaban J connectivity index is 2.31. The molecule has 1 aromatic rings. The molecule has 1 aliphatic rings. The molecule has 0 aromatic heterocycles. The van der Waals surface area contributed by atoms with Gasteiger partial charge in [0.1, 0.15) is 5.54 Å². The highest BCUT2D eigenvalue weighted by atomic mass is 16.2. The molecule has 0 aliphatic carbocycles. The van der Waals surface area contributed by atoms with Gasteiger partial charge in [-0.25, -0.2) is 0 Å². The quantitative estimate of drug-likeness (QED) is 0.808. The second kappa shape index (κ2) is 4.20. The number of carbonyl (C=O) groups is 1. The van der Waals surface area contributed by atoms with E-state index in [9.17, 15) is 4.79 Å². The molecular formula is C13H17N3O. The van der Waals surface area contributed by atoms with Crippen molar-refractivity contribution in [3.05, 3.63) is 35.9 Å². The summed E-state index contributed by atoms with van der Waals surface area (Å²) >= 11 is 0. The summed E-state index contributed by atoms with van der Waals surface area (Å²) < 4.78 is 0. The first-order chi connectivity index (χ1) is 8.02. The average molecular weight is 231 g/mol. The monoisotopic (exact) mass is 231 g/mol. The SMILES string of the molecule is CC(C)N=C1NC(=O)C(C)(c2ccccc2)N1. The van der Waals surface area contributed by atoms with Crippen LogP contribution in [-0.2, 0) is 10.3 Å². The van der Waals surface area contributed by atoms with Gasteiger partial charge in [-0.1, -0.05) is 30.3 Å². The molecule has 1 amide bonds. The molecule has 1 fully saturated rings. The van der Waals surface area contributed by atoms with Crippen molar-refractivity contribution in [3.63, 3.8) is 0 Å². The van der Waals surface area contributed by atoms with Crippen LogP contribution in [0, 0.1) is 0 Å². The number of aliphatic imine (C=N–C) groups is 1. The summed E-state index contributed by atoms with van der Waals surface area (Å²) in [6.07, 6.45) is 0. The number of amides is 1. The Hall–Kier alpha value is -1.84. The van der Waals surface area contributed by atoms with Gasteiger partial charge in [-0.15, -0.1) is 0 Å². The Bertz CT molecular complexity index is 453. The van der Waals surface area contributed by atoms with E-state index in [1.807, 2.05) is 51.1 Å². The topological polar surface area (TPSA) is 53.5 Å². The lowest BCUT2D eigenvalue weighted by Gasteiger charge is -2.21. The standard InChI is InChI=1S/C13H17N3O/c1-9(2)14-12-15-11(17)13(3,16-12)10-7-5-4-6-8-10/h4-9H,1-3H3,(H2,14,15,16,17). The molecule has 17 heavy (non-hydrogen) atoms. The van der Waals surface area contributed by atoms with Crippen LogP contribution in [-0.4, -0.2) is 17.9 Å². The number of guanidine groups is 1. The summed E-state index contributed by atoms with van der Waals surface area (Å²) in [5, 5.41) is 5.93. The van der Waals surface area contributed by atoms with Gasteiger partial charge >= 0.3 is 0 Å². The average Bonchev–Trinajstić information content (AvgIpc) is 2.56. The Morgan fingerprint density at radius 2 is 1.88 bits per heavy atom. The van der Waals surface area contributed by atoms with E-state index >= 15 is 0 Å². The predicted molar refractivity (Wildman–Crippen MR) is 67.6 cm³/mol. The van der Waals surface area contributed by atoms with Crippen LogP contribution in [0.4, 0.5) is 0 Å².